The summed E-state index contributed by atoms with van der Waals surface area (Å²) in [5.74, 6) is -2.73. The highest BCUT2D eigenvalue weighted by Gasteiger charge is 2.51. The molecular weight excluding hydrogens is 673 g/mol. The fourth-order valence-electron chi connectivity index (χ4n) is 7.84. The summed E-state index contributed by atoms with van der Waals surface area (Å²) >= 11 is 6.41. The van der Waals surface area contributed by atoms with Gasteiger partial charge in [0, 0.05) is 55.7 Å². The van der Waals surface area contributed by atoms with Crippen LogP contribution in [0.2, 0.25) is 5.02 Å². The molecule has 2 bridgehead atoms. The van der Waals surface area contributed by atoms with Gasteiger partial charge in [0.05, 0.1) is 30.1 Å². The molecule has 266 valence electrons. The summed E-state index contributed by atoms with van der Waals surface area (Å²) in [7, 11) is -1.10. The lowest BCUT2D eigenvalue weighted by molar-refractivity contribution is -0.141. The zero-order valence-corrected chi connectivity index (χ0v) is 29.9. The smallest absolute Gasteiger partial charge is 0.264 e. The molecule has 2 amide bonds. The molecule has 0 aromatic heterocycles. The van der Waals surface area contributed by atoms with E-state index in [2.05, 4.69) is 9.62 Å². The van der Waals surface area contributed by atoms with Crippen LogP contribution >= 0.6 is 11.6 Å². The first kappa shape index (κ1) is 35.6. The molecule has 2 aromatic carbocycles. The highest BCUT2D eigenvalue weighted by Crippen LogP contribution is 2.46. The Morgan fingerprint density at radius 2 is 1.98 bits per heavy atom. The Balaban J connectivity index is 1.50. The first-order valence-electron chi connectivity index (χ1n) is 16.9. The number of sulfonamides is 1. The number of allylic oxidation sites excluding steroid dienone is 1. The summed E-state index contributed by atoms with van der Waals surface area (Å²) < 4.78 is 58.1. The highest BCUT2D eigenvalue weighted by atomic mass is 35.5. The van der Waals surface area contributed by atoms with Crippen molar-refractivity contribution >= 4 is 39.1 Å². The molecule has 6 rings (SSSR count). The fourth-order valence-corrected chi connectivity index (χ4v) is 9.32. The molecule has 1 saturated heterocycles. The number of carbonyl (C=O) groups is 2. The number of ether oxygens (including phenoxy) is 2. The van der Waals surface area contributed by atoms with Crippen molar-refractivity contribution in [2.24, 2.45) is 11.8 Å². The molecule has 13 heteroatoms. The highest BCUT2D eigenvalue weighted by molar-refractivity contribution is 7.90. The number of halogens is 2. The van der Waals surface area contributed by atoms with Crippen LogP contribution in [0.15, 0.2) is 48.3 Å². The number of rotatable bonds is 2. The Labute approximate surface area is 292 Å². The average molecular weight is 718 g/mol. The molecule has 6 atom stereocenters. The van der Waals surface area contributed by atoms with Crippen molar-refractivity contribution in [3.63, 3.8) is 0 Å². The van der Waals surface area contributed by atoms with Gasteiger partial charge in [-0.15, -0.1) is 0 Å². The van der Waals surface area contributed by atoms with Crippen molar-refractivity contribution in [3.8, 4) is 5.75 Å². The standard InChI is InChI=1S/C36H45ClFN3O7S/c1-22-7-12-31(38)36(44,18-32(42)40(3)4)33-26(13-15-47-33)19-41-20-35(14-5-6-24-16-27(37)9-10-28(24)35)21-48-30-11-8-25(17-29(30)41)34(43)39-49(45,46)23(22)2/h8-12,16-17,22-23,26,33,44H,5-7,13-15,18-21H2,1-4H3,(H,39,43)/b31-12-/t22-,23+,26-,33+,35-,36-/m0/s1. The van der Waals surface area contributed by atoms with E-state index in [0.29, 0.717) is 36.0 Å². The molecule has 3 heterocycles. The van der Waals surface area contributed by atoms with Crippen molar-refractivity contribution in [2.45, 2.75) is 74.7 Å². The van der Waals surface area contributed by atoms with Gasteiger partial charge in [-0.25, -0.2) is 17.5 Å². The molecule has 3 aliphatic heterocycles. The number of aryl methyl sites for hydroxylation is 1. The van der Waals surface area contributed by atoms with E-state index in [1.165, 1.54) is 11.8 Å². The summed E-state index contributed by atoms with van der Waals surface area (Å²) in [6.07, 6.45) is 2.55. The second-order valence-electron chi connectivity index (χ2n) is 14.5. The molecule has 1 aliphatic carbocycles. The zero-order valence-electron chi connectivity index (χ0n) is 28.4. The topological polar surface area (TPSA) is 125 Å². The number of anilines is 1. The lowest BCUT2D eigenvalue weighted by atomic mass is 9.70. The Morgan fingerprint density at radius 3 is 2.73 bits per heavy atom. The number of carbonyl (C=O) groups excluding carboxylic acids is 2. The second kappa shape index (κ2) is 13.5. The predicted molar refractivity (Wildman–Crippen MR) is 185 cm³/mol. The van der Waals surface area contributed by atoms with E-state index in [9.17, 15) is 23.1 Å². The average Bonchev–Trinajstić information content (AvgIpc) is 3.47. The predicted octanol–water partition coefficient (Wildman–Crippen LogP) is 4.77. The minimum absolute atomic E-state index is 0.0633. The van der Waals surface area contributed by atoms with Crippen LogP contribution in [0.5, 0.6) is 5.75 Å². The lowest BCUT2D eigenvalue weighted by Crippen LogP contribution is -2.53. The molecule has 0 unspecified atom stereocenters. The van der Waals surface area contributed by atoms with Gasteiger partial charge >= 0.3 is 0 Å². The van der Waals surface area contributed by atoms with Crippen LogP contribution in [0.25, 0.3) is 0 Å². The van der Waals surface area contributed by atoms with E-state index in [1.807, 2.05) is 18.2 Å². The van der Waals surface area contributed by atoms with Crippen LogP contribution in [0, 0.1) is 11.8 Å². The van der Waals surface area contributed by atoms with Crippen LogP contribution in [-0.4, -0.2) is 87.6 Å². The van der Waals surface area contributed by atoms with Crippen molar-refractivity contribution in [3.05, 3.63) is 70.0 Å². The van der Waals surface area contributed by atoms with Gasteiger partial charge < -0.3 is 24.4 Å². The minimum Gasteiger partial charge on any atom is -0.490 e. The van der Waals surface area contributed by atoms with E-state index in [1.54, 1.807) is 39.2 Å². The van der Waals surface area contributed by atoms with Gasteiger partial charge in [-0.1, -0.05) is 24.6 Å². The molecule has 2 N–H and O–H groups in total. The number of benzene rings is 2. The van der Waals surface area contributed by atoms with Gasteiger partial charge in [0.2, 0.25) is 15.9 Å². The largest absolute Gasteiger partial charge is 0.490 e. The van der Waals surface area contributed by atoms with Gasteiger partial charge in [0.15, 0.2) is 5.60 Å². The molecule has 10 nitrogen and oxygen atoms in total. The quantitative estimate of drug-likeness (QED) is 0.456. The first-order valence-corrected chi connectivity index (χ1v) is 18.8. The Kier molecular flexibility index (Phi) is 9.82. The maximum atomic E-state index is 16.4. The SMILES string of the molecule is C[C@@H]1[C@@H](C)C/C=C(\F)[C@@](O)(CC(=O)N(C)C)[C@@H]2OCC[C@H]2CN2C[C@@]3(CCCc4cc(Cl)ccc43)COc3ccc(cc32)C(=O)NS1(=O)=O. The Morgan fingerprint density at radius 1 is 1.20 bits per heavy atom. The normalized spacial score (nSPS) is 32.5. The molecular formula is C36H45ClFN3O7S. The molecule has 49 heavy (non-hydrogen) atoms. The van der Waals surface area contributed by atoms with Crippen LogP contribution < -0.4 is 14.4 Å². The van der Waals surface area contributed by atoms with Crippen molar-refractivity contribution in [1.29, 1.82) is 0 Å². The summed E-state index contributed by atoms with van der Waals surface area (Å²) in [5, 5.41) is 11.8. The van der Waals surface area contributed by atoms with E-state index in [4.69, 9.17) is 21.1 Å². The van der Waals surface area contributed by atoms with E-state index >= 15 is 4.39 Å². The van der Waals surface area contributed by atoms with E-state index < -0.39 is 68.3 Å². The Bertz CT molecular complexity index is 1770. The number of aliphatic hydroxyl groups is 1. The number of hydrogen-bond acceptors (Lipinski definition) is 8. The summed E-state index contributed by atoms with van der Waals surface area (Å²) in [5.41, 5.74) is 0.221. The molecule has 0 radical (unpaired) electrons. The third-order valence-electron chi connectivity index (χ3n) is 11.0. The van der Waals surface area contributed by atoms with Gasteiger partial charge in [-0.05, 0) is 92.5 Å². The van der Waals surface area contributed by atoms with Gasteiger partial charge in [-0.3, -0.25) is 9.59 Å². The summed E-state index contributed by atoms with van der Waals surface area (Å²) in [4.78, 5) is 30.0. The number of fused-ring (bicyclic) bond motifs is 4. The van der Waals surface area contributed by atoms with Crippen LogP contribution in [0.4, 0.5) is 10.1 Å². The maximum absolute atomic E-state index is 16.4. The number of hydrogen-bond donors (Lipinski definition) is 2. The molecule has 2 aromatic rings. The number of nitrogens with one attached hydrogen (secondary N) is 1. The van der Waals surface area contributed by atoms with Gasteiger partial charge in [0.25, 0.3) is 5.91 Å². The minimum atomic E-state index is -4.18. The van der Waals surface area contributed by atoms with Crippen molar-refractivity contribution in [2.75, 3.05) is 45.3 Å². The molecule has 1 spiro atoms. The van der Waals surface area contributed by atoms with Crippen molar-refractivity contribution < 1.29 is 37.0 Å². The summed E-state index contributed by atoms with van der Waals surface area (Å²) in [6.45, 7) is 4.43. The van der Waals surface area contributed by atoms with Crippen LogP contribution in [0.1, 0.15) is 67.4 Å². The maximum Gasteiger partial charge on any atom is 0.264 e. The van der Waals surface area contributed by atoms with Crippen LogP contribution in [-0.2, 0) is 31.4 Å². The summed E-state index contributed by atoms with van der Waals surface area (Å²) in [6, 6.07) is 10.8. The van der Waals surface area contributed by atoms with E-state index in [-0.39, 0.29) is 25.1 Å². The lowest BCUT2D eigenvalue weighted by Gasteiger charge is -2.42. The Hall–Kier alpha value is -3.19. The zero-order chi connectivity index (χ0) is 35.3. The van der Waals surface area contributed by atoms with Crippen molar-refractivity contribution in [1.82, 2.24) is 9.62 Å². The second-order valence-corrected chi connectivity index (χ2v) is 16.9. The molecule has 0 saturated carbocycles. The monoisotopic (exact) mass is 717 g/mol. The number of amides is 2. The third-order valence-corrected chi connectivity index (χ3v) is 13.1. The van der Waals surface area contributed by atoms with Crippen LogP contribution in [0.3, 0.4) is 0 Å². The first-order chi connectivity index (χ1) is 23.1. The molecule has 1 fully saturated rings. The van der Waals surface area contributed by atoms with Gasteiger partial charge in [-0.2, -0.15) is 0 Å². The van der Waals surface area contributed by atoms with Gasteiger partial charge in [0.1, 0.15) is 11.6 Å². The third kappa shape index (κ3) is 6.81. The van der Waals surface area contributed by atoms with E-state index in [0.717, 1.165) is 36.5 Å². The molecule has 4 aliphatic rings. The fraction of sp³-hybridized carbons (Fsp3) is 0.556. The number of nitrogens with zero attached hydrogens (tertiary/aromatic N) is 2.